The topological polar surface area (TPSA) is 50.6 Å². The van der Waals surface area contributed by atoms with Gasteiger partial charge in [0.05, 0.1) is 15.7 Å². The van der Waals surface area contributed by atoms with Gasteiger partial charge in [-0.25, -0.2) is 0 Å². The maximum atomic E-state index is 12.4. The molecule has 1 unspecified atom stereocenters. The van der Waals surface area contributed by atoms with Crippen LogP contribution in [0.2, 0.25) is 0 Å². The van der Waals surface area contributed by atoms with E-state index in [9.17, 15) is 9.59 Å². The summed E-state index contributed by atoms with van der Waals surface area (Å²) in [5.74, 6) is -0.0174. The number of nitrogens with one attached hydrogen (secondary N) is 2. The van der Waals surface area contributed by atoms with Crippen LogP contribution in [0.4, 0.5) is 5.69 Å². The molecule has 0 bridgehead atoms. The number of rotatable bonds is 6. The number of amides is 1. The van der Waals surface area contributed by atoms with E-state index in [-0.39, 0.29) is 17.7 Å². The molecule has 2 N–H and O–H groups in total. The molecule has 1 aromatic heterocycles. The monoisotopic (exact) mass is 395 g/mol. The quantitative estimate of drug-likeness (QED) is 0.738. The third-order valence-electron chi connectivity index (χ3n) is 3.77. The molecule has 0 saturated heterocycles. The molecule has 1 amide bonds. The summed E-state index contributed by atoms with van der Waals surface area (Å²) in [6.45, 7) is 4.24. The van der Waals surface area contributed by atoms with E-state index in [0.29, 0.717) is 11.3 Å². The highest BCUT2D eigenvalue weighted by Crippen LogP contribution is 2.21. The van der Waals surface area contributed by atoms with Crippen LogP contribution >= 0.6 is 27.3 Å². The van der Waals surface area contributed by atoms with Gasteiger partial charge < -0.3 is 10.2 Å². The first-order chi connectivity index (χ1) is 10.9. The predicted molar refractivity (Wildman–Crippen MR) is 97.1 cm³/mol. The molecule has 0 aliphatic rings. The van der Waals surface area contributed by atoms with Gasteiger partial charge in [0.1, 0.15) is 6.54 Å². The zero-order chi connectivity index (χ0) is 17.0. The lowest BCUT2D eigenvalue weighted by Crippen LogP contribution is -3.12. The maximum Gasteiger partial charge on any atom is 0.282 e. The molecule has 2 rings (SSSR count). The first-order valence-electron chi connectivity index (χ1n) is 7.35. The van der Waals surface area contributed by atoms with E-state index in [0.717, 1.165) is 15.2 Å². The summed E-state index contributed by atoms with van der Waals surface area (Å²) >= 11 is 5.14. The normalized spacial score (nSPS) is 13.4. The molecule has 0 aliphatic carbocycles. The Hall–Kier alpha value is -1.50. The molecule has 0 spiro atoms. The lowest BCUT2D eigenvalue weighted by atomic mass is 10.1. The number of anilines is 1. The molecule has 6 heteroatoms. The van der Waals surface area contributed by atoms with E-state index in [2.05, 4.69) is 27.3 Å². The Labute approximate surface area is 148 Å². The van der Waals surface area contributed by atoms with Crippen molar-refractivity contribution in [1.82, 2.24) is 0 Å². The second-order valence-corrected chi connectivity index (χ2v) is 8.12. The number of thiophene rings is 1. The molecule has 122 valence electrons. The van der Waals surface area contributed by atoms with Gasteiger partial charge in [0.25, 0.3) is 5.91 Å². The van der Waals surface area contributed by atoms with Crippen molar-refractivity contribution in [2.75, 3.05) is 12.4 Å². The standard InChI is InChI=1S/C17H19BrN2O2S/c1-11(20(3)10-15-8-9-16(18)23-15)17(22)19-14-6-4-13(5-7-14)12(2)21/h4-9,11H,10H2,1-3H3,(H,19,22)/p+1/t11-/m0/s1. The van der Waals surface area contributed by atoms with E-state index >= 15 is 0 Å². The third-order valence-corrected chi connectivity index (χ3v) is 5.40. The van der Waals surface area contributed by atoms with Crippen molar-refractivity contribution in [2.24, 2.45) is 0 Å². The van der Waals surface area contributed by atoms with Crippen molar-refractivity contribution < 1.29 is 14.5 Å². The Bertz CT molecular complexity index is 697. The Kier molecular flexibility index (Phi) is 6.10. The molecule has 0 radical (unpaired) electrons. The third kappa shape index (κ3) is 4.99. The number of hydrogen-bond donors (Lipinski definition) is 2. The molecule has 1 aromatic carbocycles. The average molecular weight is 396 g/mol. The van der Waals surface area contributed by atoms with Crippen molar-refractivity contribution in [2.45, 2.75) is 26.4 Å². The highest BCUT2D eigenvalue weighted by molar-refractivity contribution is 9.11. The molecule has 2 atom stereocenters. The number of quaternary nitrogens is 1. The molecule has 23 heavy (non-hydrogen) atoms. The number of carbonyl (C=O) groups excluding carboxylic acids is 2. The maximum absolute atomic E-state index is 12.4. The predicted octanol–water partition coefficient (Wildman–Crippen LogP) is 2.76. The van der Waals surface area contributed by atoms with Gasteiger partial charge in [-0.1, -0.05) is 0 Å². The first kappa shape index (κ1) is 17.8. The van der Waals surface area contributed by atoms with Crippen molar-refractivity contribution in [1.29, 1.82) is 0 Å². The second-order valence-electron chi connectivity index (χ2n) is 5.57. The van der Waals surface area contributed by atoms with Crippen LogP contribution in [0, 0.1) is 0 Å². The zero-order valence-corrected chi connectivity index (χ0v) is 15.8. The fourth-order valence-corrected chi connectivity index (χ4v) is 3.72. The highest BCUT2D eigenvalue weighted by Gasteiger charge is 2.22. The Morgan fingerprint density at radius 2 is 1.87 bits per heavy atom. The molecular formula is C17H20BrN2O2S+. The van der Waals surface area contributed by atoms with Crippen LogP contribution in [-0.2, 0) is 11.3 Å². The zero-order valence-electron chi connectivity index (χ0n) is 13.4. The van der Waals surface area contributed by atoms with Crippen LogP contribution in [0.5, 0.6) is 0 Å². The Morgan fingerprint density at radius 3 is 2.39 bits per heavy atom. The van der Waals surface area contributed by atoms with Crippen LogP contribution in [0.1, 0.15) is 29.1 Å². The number of carbonyl (C=O) groups is 2. The van der Waals surface area contributed by atoms with E-state index in [4.69, 9.17) is 0 Å². The number of Topliss-reactive ketones (excluding diaryl/α,β-unsaturated/α-hetero) is 1. The summed E-state index contributed by atoms with van der Waals surface area (Å²) < 4.78 is 1.10. The van der Waals surface area contributed by atoms with E-state index in [1.165, 1.54) is 11.8 Å². The molecule has 0 fully saturated rings. The molecule has 0 aliphatic heterocycles. The van der Waals surface area contributed by atoms with Gasteiger partial charge in [-0.2, -0.15) is 0 Å². The van der Waals surface area contributed by atoms with E-state index < -0.39 is 0 Å². The molecule has 4 nitrogen and oxygen atoms in total. The minimum absolute atomic E-state index is 0.0162. The van der Waals surface area contributed by atoms with E-state index in [1.54, 1.807) is 35.6 Å². The molecular weight excluding hydrogens is 376 g/mol. The second kappa shape index (κ2) is 7.86. The SMILES string of the molecule is CC(=O)c1ccc(NC(=O)[C@H](C)[NH+](C)Cc2ccc(Br)s2)cc1. The van der Waals surface area contributed by atoms with Crippen molar-refractivity contribution in [3.8, 4) is 0 Å². The minimum Gasteiger partial charge on any atom is -0.323 e. The van der Waals surface area contributed by atoms with Crippen molar-refractivity contribution in [3.63, 3.8) is 0 Å². The van der Waals surface area contributed by atoms with Gasteiger partial charge in [-0.05, 0) is 66.2 Å². The van der Waals surface area contributed by atoms with Gasteiger partial charge in [-0.15, -0.1) is 11.3 Å². The van der Waals surface area contributed by atoms with Gasteiger partial charge in [0.15, 0.2) is 11.8 Å². The highest BCUT2D eigenvalue weighted by atomic mass is 79.9. The summed E-state index contributed by atoms with van der Waals surface area (Å²) in [6.07, 6.45) is 0. The van der Waals surface area contributed by atoms with Crippen LogP contribution in [-0.4, -0.2) is 24.8 Å². The first-order valence-corrected chi connectivity index (χ1v) is 8.96. The smallest absolute Gasteiger partial charge is 0.282 e. The largest absolute Gasteiger partial charge is 0.323 e. The van der Waals surface area contributed by atoms with Crippen molar-refractivity contribution >= 4 is 44.6 Å². The minimum atomic E-state index is -0.177. The summed E-state index contributed by atoms with van der Waals surface area (Å²) in [7, 11) is 2.01. The van der Waals surface area contributed by atoms with Gasteiger partial charge >= 0.3 is 0 Å². The molecule has 2 aromatic rings. The van der Waals surface area contributed by atoms with Gasteiger partial charge in [-0.3, -0.25) is 9.59 Å². The summed E-state index contributed by atoms with van der Waals surface area (Å²) in [5, 5.41) is 2.90. The van der Waals surface area contributed by atoms with Crippen molar-refractivity contribution in [3.05, 3.63) is 50.6 Å². The van der Waals surface area contributed by atoms with Gasteiger partial charge in [0.2, 0.25) is 0 Å². The number of benzene rings is 1. The number of likely N-dealkylation sites (N-methyl/N-ethyl adjacent to an activating group) is 1. The number of ketones is 1. The Balaban J connectivity index is 1.94. The fourth-order valence-electron chi connectivity index (χ4n) is 2.14. The number of halogens is 1. The molecule has 1 heterocycles. The summed E-state index contributed by atoms with van der Waals surface area (Å²) in [6, 6.07) is 10.9. The van der Waals surface area contributed by atoms with Gasteiger partial charge in [0, 0.05) is 11.3 Å². The fraction of sp³-hybridized carbons (Fsp3) is 0.294. The van der Waals surface area contributed by atoms with E-state index in [1.807, 2.05) is 20.0 Å². The lowest BCUT2D eigenvalue weighted by Gasteiger charge is -2.20. The van der Waals surface area contributed by atoms with Crippen LogP contribution in [0.15, 0.2) is 40.2 Å². The number of hydrogen-bond acceptors (Lipinski definition) is 3. The van der Waals surface area contributed by atoms with Crippen LogP contribution in [0.25, 0.3) is 0 Å². The average Bonchev–Trinajstić information content (AvgIpc) is 2.92. The molecule has 0 saturated carbocycles. The lowest BCUT2D eigenvalue weighted by molar-refractivity contribution is -0.907. The Morgan fingerprint density at radius 1 is 1.22 bits per heavy atom. The van der Waals surface area contributed by atoms with Crippen LogP contribution < -0.4 is 10.2 Å². The van der Waals surface area contributed by atoms with Crippen LogP contribution in [0.3, 0.4) is 0 Å². The summed E-state index contributed by atoms with van der Waals surface area (Å²) in [4.78, 5) is 26.0. The summed E-state index contributed by atoms with van der Waals surface area (Å²) in [5.41, 5.74) is 1.35.